The molecule has 1 unspecified atom stereocenters. The van der Waals surface area contributed by atoms with Gasteiger partial charge >= 0.3 is 0 Å². The number of nitrogens with one attached hydrogen (secondary N) is 1. The molecule has 0 radical (unpaired) electrons. The molecule has 0 saturated carbocycles. The van der Waals surface area contributed by atoms with Gasteiger partial charge in [-0.1, -0.05) is 19.1 Å². The maximum absolute atomic E-state index is 14.0. The smallest absolute Gasteiger partial charge is 0.163 e. The van der Waals surface area contributed by atoms with Crippen molar-refractivity contribution in [3.8, 4) is 0 Å². The molecule has 1 aliphatic heterocycles. The summed E-state index contributed by atoms with van der Waals surface area (Å²) in [7, 11) is 0. The van der Waals surface area contributed by atoms with Gasteiger partial charge in [-0.15, -0.1) is 0 Å². The summed E-state index contributed by atoms with van der Waals surface area (Å²) in [5.41, 5.74) is 0.454. The third-order valence-corrected chi connectivity index (χ3v) is 4.78. The van der Waals surface area contributed by atoms with E-state index in [1.165, 1.54) is 17.6 Å². The van der Waals surface area contributed by atoms with Crippen LogP contribution in [0, 0.1) is 11.6 Å². The van der Waals surface area contributed by atoms with E-state index in [9.17, 15) is 8.78 Å². The van der Waals surface area contributed by atoms with Crippen molar-refractivity contribution < 1.29 is 8.78 Å². The van der Waals surface area contributed by atoms with Gasteiger partial charge in [0.2, 0.25) is 0 Å². The first kappa shape index (κ1) is 16.7. The van der Waals surface area contributed by atoms with Gasteiger partial charge in [0.15, 0.2) is 11.6 Å². The second-order valence-electron chi connectivity index (χ2n) is 5.39. The molecule has 1 saturated heterocycles. The van der Waals surface area contributed by atoms with Crippen LogP contribution in [0.5, 0.6) is 0 Å². The maximum atomic E-state index is 14.0. The summed E-state index contributed by atoms with van der Waals surface area (Å²) in [4.78, 5) is 2.41. The quantitative estimate of drug-likeness (QED) is 0.830. The summed E-state index contributed by atoms with van der Waals surface area (Å²) in [6.07, 6.45) is 1.79. The van der Waals surface area contributed by atoms with Crippen LogP contribution in [-0.4, -0.2) is 42.6 Å². The van der Waals surface area contributed by atoms with Gasteiger partial charge in [-0.2, -0.15) is 11.8 Å². The molecule has 5 heteroatoms. The minimum Gasteiger partial charge on any atom is -0.310 e. The van der Waals surface area contributed by atoms with Gasteiger partial charge in [-0.3, -0.25) is 0 Å². The molecule has 2 rings (SSSR count). The van der Waals surface area contributed by atoms with Crippen LogP contribution >= 0.6 is 11.8 Å². The fraction of sp³-hybridized carbons (Fsp3) is 0.625. The summed E-state index contributed by atoms with van der Waals surface area (Å²) in [5, 5.41) is 3.35. The van der Waals surface area contributed by atoms with E-state index in [1.54, 1.807) is 12.1 Å². The lowest BCUT2D eigenvalue weighted by Gasteiger charge is -2.28. The number of halogens is 2. The number of hydrogen-bond donors (Lipinski definition) is 1. The van der Waals surface area contributed by atoms with Crippen LogP contribution in [0.1, 0.15) is 31.4 Å². The number of benzene rings is 1. The lowest BCUT2D eigenvalue weighted by molar-refractivity contribution is 0.279. The highest BCUT2D eigenvalue weighted by molar-refractivity contribution is 7.99. The normalized spacial score (nSPS) is 17.9. The minimum atomic E-state index is -0.759. The second-order valence-corrected chi connectivity index (χ2v) is 6.62. The van der Waals surface area contributed by atoms with Crippen LogP contribution in [0.4, 0.5) is 8.78 Å². The Labute approximate surface area is 130 Å². The third kappa shape index (κ3) is 4.94. The van der Waals surface area contributed by atoms with Crippen LogP contribution in [-0.2, 0) is 0 Å². The highest BCUT2D eigenvalue weighted by Crippen LogP contribution is 2.23. The zero-order chi connectivity index (χ0) is 15.1. The topological polar surface area (TPSA) is 15.3 Å². The molecular formula is C16H24F2N2S. The van der Waals surface area contributed by atoms with Crippen molar-refractivity contribution in [2.24, 2.45) is 0 Å². The first-order valence-corrected chi connectivity index (χ1v) is 8.85. The highest BCUT2D eigenvalue weighted by atomic mass is 32.2. The summed E-state index contributed by atoms with van der Waals surface area (Å²) in [6, 6.07) is 4.34. The predicted molar refractivity (Wildman–Crippen MR) is 85.8 cm³/mol. The fourth-order valence-electron chi connectivity index (χ4n) is 2.61. The Morgan fingerprint density at radius 3 is 2.76 bits per heavy atom. The van der Waals surface area contributed by atoms with Crippen LogP contribution in [0.15, 0.2) is 18.2 Å². The Hall–Kier alpha value is -0.650. The highest BCUT2D eigenvalue weighted by Gasteiger charge is 2.19. The molecule has 0 aliphatic carbocycles. The Kier molecular flexibility index (Phi) is 6.93. The third-order valence-electron chi connectivity index (χ3n) is 3.84. The molecule has 1 atom stereocenters. The van der Waals surface area contributed by atoms with Gasteiger partial charge in [-0.05, 0) is 25.5 Å². The molecule has 1 fully saturated rings. The van der Waals surface area contributed by atoms with Crippen molar-refractivity contribution >= 4 is 11.8 Å². The van der Waals surface area contributed by atoms with Crippen molar-refractivity contribution in [1.82, 2.24) is 10.2 Å². The standard InChI is InChI=1S/C16H24F2N2S/c1-2-7-19-15(6-8-20-9-11-21-12-10-20)13-4-3-5-14(17)16(13)18/h3-5,15,19H,2,6-12H2,1H3. The largest absolute Gasteiger partial charge is 0.310 e. The Morgan fingerprint density at radius 2 is 2.05 bits per heavy atom. The first-order valence-electron chi connectivity index (χ1n) is 7.69. The van der Waals surface area contributed by atoms with E-state index in [0.29, 0.717) is 5.56 Å². The molecule has 1 heterocycles. The van der Waals surface area contributed by atoms with Crippen molar-refractivity contribution in [2.45, 2.75) is 25.8 Å². The molecule has 0 amide bonds. The molecule has 21 heavy (non-hydrogen) atoms. The first-order chi connectivity index (χ1) is 10.2. The van der Waals surface area contributed by atoms with E-state index in [4.69, 9.17) is 0 Å². The molecule has 1 aliphatic rings. The maximum Gasteiger partial charge on any atom is 0.163 e. The Balaban J connectivity index is 2.01. The van der Waals surface area contributed by atoms with Crippen molar-refractivity contribution in [1.29, 1.82) is 0 Å². The summed E-state index contributed by atoms with van der Waals surface area (Å²) >= 11 is 1.98. The average molecular weight is 314 g/mol. The van der Waals surface area contributed by atoms with Crippen LogP contribution < -0.4 is 5.32 Å². The summed E-state index contributed by atoms with van der Waals surface area (Å²) < 4.78 is 27.5. The van der Waals surface area contributed by atoms with Gasteiger partial charge in [0.25, 0.3) is 0 Å². The average Bonchev–Trinajstić information content (AvgIpc) is 2.52. The van der Waals surface area contributed by atoms with Crippen LogP contribution in [0.25, 0.3) is 0 Å². The zero-order valence-corrected chi connectivity index (χ0v) is 13.4. The van der Waals surface area contributed by atoms with Crippen molar-refractivity contribution in [3.63, 3.8) is 0 Å². The lowest BCUT2D eigenvalue weighted by Crippen LogP contribution is -2.35. The van der Waals surface area contributed by atoms with Gasteiger partial charge in [0.1, 0.15) is 0 Å². The van der Waals surface area contributed by atoms with Crippen LogP contribution in [0.3, 0.4) is 0 Å². The summed E-state index contributed by atoms with van der Waals surface area (Å²) in [6.45, 7) is 6.01. The second kappa shape index (κ2) is 8.71. The number of rotatable bonds is 7. The van der Waals surface area contributed by atoms with E-state index >= 15 is 0 Å². The van der Waals surface area contributed by atoms with E-state index in [0.717, 1.165) is 39.0 Å². The molecule has 2 nitrogen and oxygen atoms in total. The SMILES string of the molecule is CCCNC(CCN1CCSCC1)c1cccc(F)c1F. The Bertz CT molecular complexity index is 436. The molecule has 1 aromatic carbocycles. The number of nitrogens with zero attached hydrogens (tertiary/aromatic N) is 1. The van der Waals surface area contributed by atoms with Gasteiger partial charge in [-0.25, -0.2) is 8.78 Å². The van der Waals surface area contributed by atoms with E-state index < -0.39 is 11.6 Å². The van der Waals surface area contributed by atoms with E-state index in [1.807, 2.05) is 11.8 Å². The zero-order valence-electron chi connectivity index (χ0n) is 12.6. The minimum absolute atomic E-state index is 0.116. The number of hydrogen-bond acceptors (Lipinski definition) is 3. The molecule has 1 N–H and O–H groups in total. The monoisotopic (exact) mass is 314 g/mol. The molecule has 0 spiro atoms. The number of thioether (sulfide) groups is 1. The van der Waals surface area contributed by atoms with Crippen LogP contribution in [0.2, 0.25) is 0 Å². The molecule has 0 bridgehead atoms. The van der Waals surface area contributed by atoms with Crippen molar-refractivity contribution in [2.75, 3.05) is 37.7 Å². The van der Waals surface area contributed by atoms with E-state index in [2.05, 4.69) is 17.1 Å². The molecule has 1 aromatic rings. The lowest BCUT2D eigenvalue weighted by atomic mass is 10.0. The summed E-state index contributed by atoms with van der Waals surface area (Å²) in [5.74, 6) is 0.869. The van der Waals surface area contributed by atoms with Crippen molar-refractivity contribution in [3.05, 3.63) is 35.4 Å². The molecular weight excluding hydrogens is 290 g/mol. The van der Waals surface area contributed by atoms with Gasteiger partial charge in [0, 0.05) is 42.7 Å². The van der Waals surface area contributed by atoms with Gasteiger partial charge < -0.3 is 10.2 Å². The predicted octanol–water partition coefficient (Wildman–Crippen LogP) is 3.44. The van der Waals surface area contributed by atoms with Gasteiger partial charge in [0.05, 0.1) is 0 Å². The van der Waals surface area contributed by atoms with E-state index in [-0.39, 0.29) is 6.04 Å². The Morgan fingerprint density at radius 1 is 1.29 bits per heavy atom. The molecule has 0 aromatic heterocycles. The molecule has 118 valence electrons. The fourth-order valence-corrected chi connectivity index (χ4v) is 3.59.